The van der Waals surface area contributed by atoms with Crippen molar-refractivity contribution >= 4 is 11.8 Å². The first-order valence-electron chi connectivity index (χ1n) is 6.72. The molecule has 0 saturated carbocycles. The molecule has 0 spiro atoms. The molecule has 0 amide bonds. The van der Waals surface area contributed by atoms with E-state index >= 15 is 0 Å². The second kappa shape index (κ2) is 8.37. The molecule has 1 saturated heterocycles. The maximum absolute atomic E-state index is 5.97. The maximum atomic E-state index is 5.97. The Bertz CT molecular complexity index is 175. The Morgan fingerprint density at radius 1 is 1.25 bits per heavy atom. The van der Waals surface area contributed by atoms with Gasteiger partial charge in [0.2, 0.25) is 0 Å². The smallest absolute Gasteiger partial charge is 0.00816 e. The van der Waals surface area contributed by atoms with Crippen LogP contribution in [-0.2, 0) is 0 Å². The van der Waals surface area contributed by atoms with E-state index in [4.69, 9.17) is 5.73 Å². The van der Waals surface area contributed by atoms with Gasteiger partial charge in [-0.2, -0.15) is 11.8 Å². The summed E-state index contributed by atoms with van der Waals surface area (Å²) in [7, 11) is 0. The Morgan fingerprint density at radius 2 is 2.00 bits per heavy atom. The number of piperidine rings is 1. The van der Waals surface area contributed by atoms with Gasteiger partial charge in [0.1, 0.15) is 0 Å². The van der Waals surface area contributed by atoms with Crippen LogP contribution in [0.4, 0.5) is 0 Å². The highest BCUT2D eigenvalue weighted by molar-refractivity contribution is 7.98. The van der Waals surface area contributed by atoms with E-state index in [2.05, 4.69) is 18.1 Å². The lowest BCUT2D eigenvalue weighted by atomic mass is 9.99. The third-order valence-electron chi connectivity index (χ3n) is 3.60. The Labute approximate surface area is 105 Å². The maximum Gasteiger partial charge on any atom is 0.00816 e. The van der Waals surface area contributed by atoms with Crippen LogP contribution >= 0.6 is 11.8 Å². The minimum atomic E-state index is 0.452. The fourth-order valence-electron chi connectivity index (χ4n) is 2.50. The van der Waals surface area contributed by atoms with Crippen LogP contribution in [0.15, 0.2) is 0 Å². The van der Waals surface area contributed by atoms with Gasteiger partial charge in [-0.1, -0.05) is 12.8 Å². The molecule has 3 heteroatoms. The van der Waals surface area contributed by atoms with Crippen LogP contribution in [0.3, 0.4) is 0 Å². The van der Waals surface area contributed by atoms with Gasteiger partial charge in [-0.25, -0.2) is 0 Å². The van der Waals surface area contributed by atoms with Gasteiger partial charge in [0.15, 0.2) is 0 Å². The Morgan fingerprint density at radius 3 is 2.69 bits per heavy atom. The summed E-state index contributed by atoms with van der Waals surface area (Å²) in [5.41, 5.74) is 5.97. The first kappa shape index (κ1) is 14.3. The van der Waals surface area contributed by atoms with E-state index in [1.807, 2.05) is 11.8 Å². The molecule has 0 aromatic carbocycles. The van der Waals surface area contributed by atoms with Crippen LogP contribution < -0.4 is 5.73 Å². The topological polar surface area (TPSA) is 29.3 Å². The van der Waals surface area contributed by atoms with Crippen molar-refractivity contribution in [3.05, 3.63) is 0 Å². The molecule has 0 aromatic heterocycles. The standard InChI is InChI=1S/C13H28N2S/c1-12-11-13(14)7-9-15(12)8-5-3-4-6-10-16-2/h12-13H,3-11,14H2,1-2H3. The van der Waals surface area contributed by atoms with Crippen molar-refractivity contribution in [2.75, 3.05) is 25.1 Å². The molecule has 96 valence electrons. The third-order valence-corrected chi connectivity index (χ3v) is 4.30. The predicted molar refractivity (Wildman–Crippen MR) is 75.1 cm³/mol. The number of rotatable bonds is 7. The Hall–Kier alpha value is 0.270. The van der Waals surface area contributed by atoms with Crippen LogP contribution in [0.2, 0.25) is 0 Å². The van der Waals surface area contributed by atoms with E-state index in [1.165, 1.54) is 57.4 Å². The number of unbranched alkanes of at least 4 members (excludes halogenated alkanes) is 3. The fourth-order valence-corrected chi connectivity index (χ4v) is 3.00. The van der Waals surface area contributed by atoms with Gasteiger partial charge in [-0.3, -0.25) is 0 Å². The van der Waals surface area contributed by atoms with Crippen LogP contribution in [0.25, 0.3) is 0 Å². The van der Waals surface area contributed by atoms with E-state index in [1.54, 1.807) is 0 Å². The zero-order valence-electron chi connectivity index (χ0n) is 11.0. The molecule has 2 nitrogen and oxygen atoms in total. The Balaban J connectivity index is 2.00. The molecule has 2 atom stereocenters. The molecular formula is C13H28N2S. The summed E-state index contributed by atoms with van der Waals surface area (Å²) in [6.07, 6.45) is 10.1. The van der Waals surface area contributed by atoms with Crippen LogP contribution in [0.5, 0.6) is 0 Å². The van der Waals surface area contributed by atoms with Crippen molar-refractivity contribution in [1.82, 2.24) is 4.90 Å². The number of hydrogen-bond donors (Lipinski definition) is 1. The van der Waals surface area contributed by atoms with Crippen molar-refractivity contribution in [2.24, 2.45) is 5.73 Å². The predicted octanol–water partition coefficient (Wildman–Crippen LogP) is 2.72. The monoisotopic (exact) mass is 244 g/mol. The lowest BCUT2D eigenvalue weighted by Gasteiger charge is -2.36. The second-order valence-electron chi connectivity index (χ2n) is 5.08. The van der Waals surface area contributed by atoms with E-state index in [0.717, 1.165) is 0 Å². The second-order valence-corrected chi connectivity index (χ2v) is 6.06. The highest BCUT2D eigenvalue weighted by Gasteiger charge is 2.22. The molecule has 1 aliphatic heterocycles. The van der Waals surface area contributed by atoms with Crippen molar-refractivity contribution in [1.29, 1.82) is 0 Å². The summed E-state index contributed by atoms with van der Waals surface area (Å²) in [4.78, 5) is 2.62. The summed E-state index contributed by atoms with van der Waals surface area (Å²) in [5, 5.41) is 0. The van der Waals surface area contributed by atoms with Gasteiger partial charge in [-0.05, 0) is 57.7 Å². The molecule has 2 N–H and O–H groups in total. The van der Waals surface area contributed by atoms with Crippen molar-refractivity contribution in [2.45, 2.75) is 57.5 Å². The summed E-state index contributed by atoms with van der Waals surface area (Å²) < 4.78 is 0. The molecule has 0 aliphatic carbocycles. The van der Waals surface area contributed by atoms with Crippen molar-refractivity contribution in [3.8, 4) is 0 Å². The quantitative estimate of drug-likeness (QED) is 0.698. The summed E-state index contributed by atoms with van der Waals surface area (Å²) in [6, 6.07) is 1.16. The lowest BCUT2D eigenvalue weighted by molar-refractivity contribution is 0.145. The number of likely N-dealkylation sites (tertiary alicyclic amines) is 1. The zero-order valence-corrected chi connectivity index (χ0v) is 11.8. The molecule has 1 aliphatic rings. The number of nitrogens with zero attached hydrogens (tertiary/aromatic N) is 1. The number of hydrogen-bond acceptors (Lipinski definition) is 3. The minimum Gasteiger partial charge on any atom is -0.328 e. The molecule has 16 heavy (non-hydrogen) atoms. The van der Waals surface area contributed by atoms with Gasteiger partial charge in [-0.15, -0.1) is 0 Å². The first-order chi connectivity index (χ1) is 7.74. The van der Waals surface area contributed by atoms with Crippen LogP contribution in [-0.4, -0.2) is 42.1 Å². The van der Waals surface area contributed by atoms with Gasteiger partial charge >= 0.3 is 0 Å². The van der Waals surface area contributed by atoms with E-state index < -0.39 is 0 Å². The third kappa shape index (κ3) is 5.55. The average molecular weight is 244 g/mol. The SMILES string of the molecule is CSCCCCCCN1CCC(N)CC1C. The molecular weight excluding hydrogens is 216 g/mol. The van der Waals surface area contributed by atoms with Gasteiger partial charge in [0.25, 0.3) is 0 Å². The van der Waals surface area contributed by atoms with E-state index in [0.29, 0.717) is 12.1 Å². The first-order valence-corrected chi connectivity index (χ1v) is 8.12. The highest BCUT2D eigenvalue weighted by Crippen LogP contribution is 2.16. The molecule has 0 aromatic rings. The molecule has 0 bridgehead atoms. The minimum absolute atomic E-state index is 0.452. The van der Waals surface area contributed by atoms with Crippen molar-refractivity contribution in [3.63, 3.8) is 0 Å². The van der Waals surface area contributed by atoms with E-state index in [9.17, 15) is 0 Å². The molecule has 2 unspecified atom stereocenters. The summed E-state index contributed by atoms with van der Waals surface area (Å²) in [5.74, 6) is 1.33. The largest absolute Gasteiger partial charge is 0.328 e. The van der Waals surface area contributed by atoms with Crippen molar-refractivity contribution < 1.29 is 0 Å². The highest BCUT2D eigenvalue weighted by atomic mass is 32.2. The van der Waals surface area contributed by atoms with Crippen LogP contribution in [0.1, 0.15) is 45.4 Å². The zero-order chi connectivity index (χ0) is 11.8. The number of nitrogens with two attached hydrogens (primary N) is 1. The van der Waals surface area contributed by atoms with E-state index in [-0.39, 0.29) is 0 Å². The molecule has 1 heterocycles. The van der Waals surface area contributed by atoms with Crippen LogP contribution in [0, 0.1) is 0 Å². The average Bonchev–Trinajstić information content (AvgIpc) is 2.26. The van der Waals surface area contributed by atoms with Gasteiger partial charge in [0, 0.05) is 12.1 Å². The Kier molecular flexibility index (Phi) is 7.50. The molecule has 0 radical (unpaired) electrons. The molecule has 1 fully saturated rings. The summed E-state index contributed by atoms with van der Waals surface area (Å²) >= 11 is 1.96. The summed E-state index contributed by atoms with van der Waals surface area (Å²) in [6.45, 7) is 4.83. The molecule has 1 rings (SSSR count). The van der Waals surface area contributed by atoms with Gasteiger partial charge < -0.3 is 10.6 Å². The number of thioether (sulfide) groups is 1. The normalized spacial score (nSPS) is 27.2. The lowest BCUT2D eigenvalue weighted by Crippen LogP contribution is -2.45. The fraction of sp³-hybridized carbons (Fsp3) is 1.00. The van der Waals surface area contributed by atoms with Gasteiger partial charge in [0.05, 0.1) is 0 Å².